The number of benzene rings is 3. The van der Waals surface area contributed by atoms with E-state index in [0.29, 0.717) is 32.1 Å². The van der Waals surface area contributed by atoms with Crippen LogP contribution in [0, 0.1) is 0 Å². The number of fused-ring (bicyclic) bond motifs is 1. The van der Waals surface area contributed by atoms with Gasteiger partial charge in [-0.25, -0.2) is 8.42 Å². The van der Waals surface area contributed by atoms with Gasteiger partial charge < -0.3 is 14.5 Å². The summed E-state index contributed by atoms with van der Waals surface area (Å²) in [6.07, 6.45) is 0. The Kier molecular flexibility index (Phi) is 6.19. The fourth-order valence-corrected chi connectivity index (χ4v) is 5.51. The molecule has 1 aromatic heterocycles. The standard InChI is InChI=1S/C26H24N2O5S/c29-26(21-10-6-11-22(17-21)34(30,31)28-13-15-32-16-14-28)27-25(19-7-2-1-3-8-19)24-18-20-9-4-5-12-23(20)33-24/h1-12,17-18,25H,13-16H2,(H,27,29)/t25-/m1/s1. The van der Waals surface area contributed by atoms with Gasteiger partial charge in [0.2, 0.25) is 10.0 Å². The van der Waals surface area contributed by atoms with Crippen molar-refractivity contribution in [3.8, 4) is 0 Å². The first-order valence-corrected chi connectivity index (χ1v) is 12.5. The van der Waals surface area contributed by atoms with Crippen LogP contribution < -0.4 is 5.32 Å². The van der Waals surface area contributed by atoms with E-state index in [1.165, 1.54) is 16.4 Å². The van der Waals surface area contributed by atoms with E-state index in [-0.39, 0.29) is 10.5 Å². The summed E-state index contributed by atoms with van der Waals surface area (Å²) >= 11 is 0. The van der Waals surface area contributed by atoms with Gasteiger partial charge in [-0.05, 0) is 35.9 Å². The average Bonchev–Trinajstić information content (AvgIpc) is 3.32. The highest BCUT2D eigenvalue weighted by Crippen LogP contribution is 2.29. The molecule has 1 amide bonds. The summed E-state index contributed by atoms with van der Waals surface area (Å²) in [4.78, 5) is 13.4. The molecule has 0 radical (unpaired) electrons. The summed E-state index contributed by atoms with van der Waals surface area (Å²) in [7, 11) is -3.71. The van der Waals surface area contributed by atoms with Crippen LogP contribution in [-0.4, -0.2) is 44.9 Å². The lowest BCUT2D eigenvalue weighted by Gasteiger charge is -2.26. The van der Waals surface area contributed by atoms with Crippen molar-refractivity contribution in [2.24, 2.45) is 0 Å². The van der Waals surface area contributed by atoms with Gasteiger partial charge in [-0.2, -0.15) is 4.31 Å². The van der Waals surface area contributed by atoms with Crippen LogP contribution in [0.3, 0.4) is 0 Å². The van der Waals surface area contributed by atoms with Gasteiger partial charge in [-0.3, -0.25) is 4.79 Å². The van der Waals surface area contributed by atoms with E-state index >= 15 is 0 Å². The second-order valence-electron chi connectivity index (χ2n) is 8.05. The summed E-state index contributed by atoms with van der Waals surface area (Å²) in [6.45, 7) is 1.30. The second-order valence-corrected chi connectivity index (χ2v) is 9.99. The Morgan fingerprint density at radius 2 is 1.62 bits per heavy atom. The van der Waals surface area contributed by atoms with Gasteiger partial charge in [0, 0.05) is 24.0 Å². The molecule has 1 aliphatic heterocycles. The number of sulfonamides is 1. The molecule has 5 rings (SSSR count). The number of nitrogens with zero attached hydrogens (tertiary/aromatic N) is 1. The van der Waals surface area contributed by atoms with E-state index in [2.05, 4.69) is 5.32 Å². The monoisotopic (exact) mass is 476 g/mol. The minimum Gasteiger partial charge on any atom is -0.459 e. The number of carbonyl (C=O) groups is 1. The third kappa shape index (κ3) is 4.48. The SMILES string of the molecule is O=C(N[C@H](c1ccccc1)c1cc2ccccc2o1)c1cccc(S(=O)(=O)N2CCOCC2)c1. The minimum atomic E-state index is -3.71. The molecule has 0 saturated carbocycles. The Hall–Kier alpha value is -3.46. The number of amides is 1. The summed E-state index contributed by atoms with van der Waals surface area (Å²) in [5.41, 5.74) is 1.84. The van der Waals surface area contributed by atoms with Crippen LogP contribution in [0.2, 0.25) is 0 Å². The Labute approximate surface area is 198 Å². The van der Waals surface area contributed by atoms with Crippen molar-refractivity contribution in [1.82, 2.24) is 9.62 Å². The second kappa shape index (κ2) is 9.42. The van der Waals surface area contributed by atoms with Crippen LogP contribution in [-0.2, 0) is 14.8 Å². The zero-order chi connectivity index (χ0) is 23.5. The Morgan fingerprint density at radius 3 is 2.38 bits per heavy atom. The molecular formula is C26H24N2O5S. The number of hydrogen-bond acceptors (Lipinski definition) is 5. The van der Waals surface area contributed by atoms with Crippen LogP contribution in [0.15, 0.2) is 94.2 Å². The molecule has 0 spiro atoms. The third-order valence-electron chi connectivity index (χ3n) is 5.84. The molecule has 0 unspecified atom stereocenters. The van der Waals surface area contributed by atoms with E-state index in [0.717, 1.165) is 16.5 Å². The lowest BCUT2D eigenvalue weighted by atomic mass is 10.0. The van der Waals surface area contributed by atoms with Crippen molar-refractivity contribution in [2.75, 3.05) is 26.3 Å². The number of rotatable bonds is 6. The van der Waals surface area contributed by atoms with Crippen LogP contribution in [0.1, 0.15) is 27.7 Å². The predicted molar refractivity (Wildman–Crippen MR) is 128 cm³/mol. The molecule has 4 aromatic rings. The summed E-state index contributed by atoms with van der Waals surface area (Å²) in [6, 6.07) is 24.7. The lowest BCUT2D eigenvalue weighted by Crippen LogP contribution is -2.40. The van der Waals surface area contributed by atoms with Gasteiger partial charge in [0.05, 0.1) is 18.1 Å². The molecule has 174 valence electrons. The smallest absolute Gasteiger partial charge is 0.252 e. The fraction of sp³-hybridized carbons (Fsp3) is 0.192. The Bertz CT molecular complexity index is 1380. The first kappa shape index (κ1) is 22.3. The molecule has 34 heavy (non-hydrogen) atoms. The maximum absolute atomic E-state index is 13.3. The van der Waals surface area contributed by atoms with E-state index in [1.807, 2.05) is 60.7 Å². The number of hydrogen-bond donors (Lipinski definition) is 1. The maximum atomic E-state index is 13.3. The van der Waals surface area contributed by atoms with Crippen molar-refractivity contribution in [1.29, 1.82) is 0 Å². The molecule has 2 heterocycles. The summed E-state index contributed by atoms with van der Waals surface area (Å²) in [5.74, 6) is 0.200. The summed E-state index contributed by atoms with van der Waals surface area (Å²) < 4.78 is 38.8. The normalized spacial score (nSPS) is 15.8. The van der Waals surface area contributed by atoms with Crippen molar-refractivity contribution in [2.45, 2.75) is 10.9 Å². The fourth-order valence-electron chi connectivity index (χ4n) is 4.06. The maximum Gasteiger partial charge on any atom is 0.252 e. The number of ether oxygens (including phenoxy) is 1. The number of furan rings is 1. The molecule has 1 N–H and O–H groups in total. The number of morpholine rings is 1. The molecule has 0 aliphatic carbocycles. The first-order valence-electron chi connectivity index (χ1n) is 11.0. The third-order valence-corrected chi connectivity index (χ3v) is 7.74. The van der Waals surface area contributed by atoms with E-state index in [9.17, 15) is 13.2 Å². The van der Waals surface area contributed by atoms with Crippen molar-refractivity contribution in [3.05, 3.63) is 102 Å². The van der Waals surface area contributed by atoms with Crippen molar-refractivity contribution >= 4 is 26.9 Å². The van der Waals surface area contributed by atoms with Crippen molar-refractivity contribution in [3.63, 3.8) is 0 Å². The van der Waals surface area contributed by atoms with Crippen LogP contribution in [0.4, 0.5) is 0 Å². The van der Waals surface area contributed by atoms with Gasteiger partial charge in [0.15, 0.2) is 0 Å². The Balaban J connectivity index is 1.45. The van der Waals surface area contributed by atoms with Crippen LogP contribution in [0.5, 0.6) is 0 Å². The molecular weight excluding hydrogens is 452 g/mol. The van der Waals surface area contributed by atoms with Crippen LogP contribution in [0.25, 0.3) is 11.0 Å². The quantitative estimate of drug-likeness (QED) is 0.455. The molecule has 7 nitrogen and oxygen atoms in total. The molecule has 0 bridgehead atoms. The highest BCUT2D eigenvalue weighted by atomic mass is 32.2. The molecule has 3 aromatic carbocycles. The first-order chi connectivity index (χ1) is 16.5. The number of nitrogens with one attached hydrogen (secondary N) is 1. The van der Waals surface area contributed by atoms with Crippen LogP contribution >= 0.6 is 0 Å². The number of carbonyl (C=O) groups excluding carboxylic acids is 1. The minimum absolute atomic E-state index is 0.0852. The molecule has 8 heteroatoms. The highest BCUT2D eigenvalue weighted by Gasteiger charge is 2.27. The van der Waals surface area contributed by atoms with E-state index < -0.39 is 22.0 Å². The van der Waals surface area contributed by atoms with Crippen molar-refractivity contribution < 1.29 is 22.4 Å². The van der Waals surface area contributed by atoms with Gasteiger partial charge in [0.1, 0.15) is 17.4 Å². The zero-order valence-electron chi connectivity index (χ0n) is 18.4. The largest absolute Gasteiger partial charge is 0.459 e. The van der Waals surface area contributed by atoms with E-state index in [1.54, 1.807) is 12.1 Å². The van der Waals surface area contributed by atoms with Gasteiger partial charge in [-0.15, -0.1) is 0 Å². The molecule has 1 atom stereocenters. The average molecular weight is 477 g/mol. The Morgan fingerprint density at radius 1 is 0.882 bits per heavy atom. The number of para-hydroxylation sites is 1. The van der Waals surface area contributed by atoms with Gasteiger partial charge in [-0.1, -0.05) is 54.6 Å². The highest BCUT2D eigenvalue weighted by molar-refractivity contribution is 7.89. The molecule has 1 aliphatic rings. The lowest BCUT2D eigenvalue weighted by molar-refractivity contribution is 0.0730. The van der Waals surface area contributed by atoms with Gasteiger partial charge >= 0.3 is 0 Å². The molecule has 1 fully saturated rings. The predicted octanol–water partition coefficient (Wildman–Crippen LogP) is 3.97. The molecule has 1 saturated heterocycles. The topological polar surface area (TPSA) is 88.8 Å². The summed E-state index contributed by atoms with van der Waals surface area (Å²) in [5, 5.41) is 3.96. The van der Waals surface area contributed by atoms with E-state index in [4.69, 9.17) is 9.15 Å². The zero-order valence-corrected chi connectivity index (χ0v) is 19.2. The van der Waals surface area contributed by atoms with Gasteiger partial charge in [0.25, 0.3) is 5.91 Å².